The molecule has 0 radical (unpaired) electrons. The molecule has 11 heteroatoms. The second-order valence-electron chi connectivity index (χ2n) is 10.2. The number of nitrogens with zero attached hydrogens (tertiary/aromatic N) is 2. The maximum atomic E-state index is 15.0. The molecule has 40 heavy (non-hydrogen) atoms. The molecule has 3 aromatic carbocycles. The third-order valence-electron chi connectivity index (χ3n) is 7.47. The van der Waals surface area contributed by atoms with Crippen LogP contribution in [0.1, 0.15) is 50.4 Å². The molecular formula is C29H24F3N3O4S. The highest BCUT2D eigenvalue weighted by atomic mass is 32.2. The molecule has 1 aliphatic carbocycles. The van der Waals surface area contributed by atoms with Crippen LogP contribution in [0.4, 0.5) is 13.2 Å². The molecular weight excluding hydrogens is 543 g/mol. The summed E-state index contributed by atoms with van der Waals surface area (Å²) in [5, 5.41) is 17.8. The number of aliphatic hydroxyl groups is 1. The van der Waals surface area contributed by atoms with Crippen LogP contribution in [0, 0.1) is 17.5 Å². The van der Waals surface area contributed by atoms with Crippen molar-refractivity contribution >= 4 is 15.7 Å². The summed E-state index contributed by atoms with van der Waals surface area (Å²) < 4.78 is 69.6. The van der Waals surface area contributed by atoms with Gasteiger partial charge in [0.1, 0.15) is 17.3 Å². The highest BCUT2D eigenvalue weighted by Gasteiger charge is 2.40. The van der Waals surface area contributed by atoms with Gasteiger partial charge in [-0.1, -0.05) is 36.4 Å². The van der Waals surface area contributed by atoms with E-state index in [9.17, 15) is 27.1 Å². The average molecular weight is 568 g/mol. The molecule has 1 aromatic heterocycles. The van der Waals surface area contributed by atoms with Crippen molar-refractivity contribution in [2.45, 2.75) is 36.7 Å². The Labute approximate surface area is 228 Å². The van der Waals surface area contributed by atoms with E-state index < -0.39 is 57.0 Å². The summed E-state index contributed by atoms with van der Waals surface area (Å²) in [5.41, 5.74) is 2.31. The zero-order chi connectivity index (χ0) is 28.2. The number of benzene rings is 3. The topological polar surface area (TPSA) is 101 Å². The van der Waals surface area contributed by atoms with Crippen molar-refractivity contribution in [2.24, 2.45) is 0 Å². The maximum Gasteiger partial charge on any atom is 0.272 e. The molecule has 1 aliphatic heterocycles. The highest BCUT2D eigenvalue weighted by molar-refractivity contribution is 7.90. The Kier molecular flexibility index (Phi) is 6.50. The first-order valence-electron chi connectivity index (χ1n) is 12.7. The Morgan fingerprint density at radius 3 is 2.50 bits per heavy atom. The van der Waals surface area contributed by atoms with Gasteiger partial charge < -0.3 is 10.4 Å². The fourth-order valence-corrected chi connectivity index (χ4v) is 7.46. The fourth-order valence-electron chi connectivity index (χ4n) is 5.73. The first kappa shape index (κ1) is 26.3. The first-order valence-corrected chi connectivity index (χ1v) is 14.5. The minimum absolute atomic E-state index is 0.111. The average Bonchev–Trinajstić information content (AvgIpc) is 3.42. The van der Waals surface area contributed by atoms with E-state index in [4.69, 9.17) is 0 Å². The third-order valence-corrected chi connectivity index (χ3v) is 9.11. The van der Waals surface area contributed by atoms with E-state index in [1.807, 2.05) is 12.1 Å². The van der Waals surface area contributed by atoms with Gasteiger partial charge in [-0.25, -0.2) is 26.3 Å². The van der Waals surface area contributed by atoms with E-state index >= 15 is 4.39 Å². The van der Waals surface area contributed by atoms with Crippen LogP contribution >= 0.6 is 0 Å². The molecule has 0 spiro atoms. The molecule has 2 N–H and O–H groups in total. The number of nitrogens with one attached hydrogen (secondary N) is 1. The quantitative estimate of drug-likeness (QED) is 0.381. The lowest BCUT2D eigenvalue weighted by Gasteiger charge is -2.25. The second-order valence-corrected chi connectivity index (χ2v) is 12.3. The summed E-state index contributed by atoms with van der Waals surface area (Å²) in [4.78, 5) is 13.6. The summed E-state index contributed by atoms with van der Waals surface area (Å²) in [6.45, 7) is 0. The predicted octanol–water partition coefficient (Wildman–Crippen LogP) is 3.93. The van der Waals surface area contributed by atoms with Gasteiger partial charge in [0.2, 0.25) is 0 Å². The normalized spacial score (nSPS) is 21.1. The first-order chi connectivity index (χ1) is 19.1. The van der Waals surface area contributed by atoms with Crippen molar-refractivity contribution in [1.29, 1.82) is 0 Å². The van der Waals surface area contributed by atoms with Crippen molar-refractivity contribution < 1.29 is 31.5 Å². The summed E-state index contributed by atoms with van der Waals surface area (Å²) in [6, 6.07) is 15.0. The van der Waals surface area contributed by atoms with Gasteiger partial charge in [0.25, 0.3) is 5.91 Å². The summed E-state index contributed by atoms with van der Waals surface area (Å²) in [7, 11) is -3.71. The van der Waals surface area contributed by atoms with E-state index in [0.29, 0.717) is 23.7 Å². The van der Waals surface area contributed by atoms with Gasteiger partial charge in [-0.05, 0) is 47.4 Å². The van der Waals surface area contributed by atoms with Crippen LogP contribution in [0.3, 0.4) is 0 Å². The van der Waals surface area contributed by atoms with Crippen LogP contribution in [-0.4, -0.2) is 41.1 Å². The van der Waals surface area contributed by atoms with Crippen molar-refractivity contribution in [2.75, 3.05) is 5.75 Å². The van der Waals surface area contributed by atoms with Gasteiger partial charge in [0, 0.05) is 24.0 Å². The standard InChI is InChI=1S/C29H24F3N3O4S/c30-19-7-5-16(6-8-19)11-18-14-40(38,39)15-22-27(34-35(28(18)22)24-10-9-20(31)13-23(24)32)29(37)33-26-21-4-2-1-3-17(21)12-25(26)36/h1-10,13,18,25-26,36H,11-12,14-15H2,(H,33,37)/t18?,25-,26+/m0/s1. The highest BCUT2D eigenvalue weighted by Crippen LogP contribution is 2.38. The number of rotatable bonds is 5. The largest absolute Gasteiger partial charge is 0.390 e. The predicted molar refractivity (Wildman–Crippen MR) is 140 cm³/mol. The lowest BCUT2D eigenvalue weighted by molar-refractivity contribution is 0.0852. The molecule has 0 saturated carbocycles. The van der Waals surface area contributed by atoms with Crippen LogP contribution in [0.25, 0.3) is 5.69 Å². The number of aromatic nitrogens is 2. The zero-order valence-corrected chi connectivity index (χ0v) is 21.8. The molecule has 0 bridgehead atoms. The monoisotopic (exact) mass is 567 g/mol. The summed E-state index contributed by atoms with van der Waals surface area (Å²) >= 11 is 0. The van der Waals surface area contributed by atoms with Gasteiger partial charge in [-0.15, -0.1) is 0 Å². The number of hydrogen-bond donors (Lipinski definition) is 2. The molecule has 1 unspecified atom stereocenters. The van der Waals surface area contributed by atoms with Crippen LogP contribution in [0.2, 0.25) is 0 Å². The summed E-state index contributed by atoms with van der Waals surface area (Å²) in [6.07, 6.45) is -0.414. The lowest BCUT2D eigenvalue weighted by atomic mass is 9.94. The van der Waals surface area contributed by atoms with Crippen molar-refractivity contribution in [1.82, 2.24) is 15.1 Å². The molecule has 7 nitrogen and oxygen atoms in total. The number of sulfone groups is 1. The van der Waals surface area contributed by atoms with Gasteiger partial charge >= 0.3 is 0 Å². The van der Waals surface area contributed by atoms with Crippen molar-refractivity contribution in [3.05, 3.63) is 118 Å². The Morgan fingerprint density at radius 1 is 1.02 bits per heavy atom. The molecule has 6 rings (SSSR count). The SMILES string of the molecule is O=C(N[C@@H]1c2ccccc2C[C@@H]1O)c1nn(-c2ccc(F)cc2F)c2c1CS(=O)(=O)CC2Cc1ccc(F)cc1. The Bertz CT molecular complexity index is 1740. The van der Waals surface area contributed by atoms with E-state index in [2.05, 4.69) is 10.4 Å². The maximum absolute atomic E-state index is 15.0. The number of hydrogen-bond acceptors (Lipinski definition) is 5. The van der Waals surface area contributed by atoms with Gasteiger partial charge in [-0.2, -0.15) is 5.10 Å². The van der Waals surface area contributed by atoms with Crippen molar-refractivity contribution in [3.63, 3.8) is 0 Å². The fraction of sp³-hybridized carbons (Fsp3) is 0.241. The Morgan fingerprint density at radius 2 is 1.75 bits per heavy atom. The molecule has 2 aliphatic rings. The van der Waals surface area contributed by atoms with Crippen molar-refractivity contribution in [3.8, 4) is 5.69 Å². The van der Waals surface area contributed by atoms with Crippen LogP contribution in [0.5, 0.6) is 0 Å². The van der Waals surface area contributed by atoms with Crippen LogP contribution in [0.15, 0.2) is 66.7 Å². The van der Waals surface area contributed by atoms with Gasteiger partial charge in [0.05, 0.1) is 29.3 Å². The van der Waals surface area contributed by atoms with Gasteiger partial charge in [-0.3, -0.25) is 4.79 Å². The Hall–Kier alpha value is -3.96. The lowest BCUT2D eigenvalue weighted by Crippen LogP contribution is -2.35. The van der Waals surface area contributed by atoms with E-state index in [1.54, 1.807) is 12.1 Å². The van der Waals surface area contributed by atoms with Gasteiger partial charge in [0.15, 0.2) is 21.3 Å². The molecule has 0 fully saturated rings. The number of carbonyl (C=O) groups excluding carboxylic acids is 1. The smallest absolute Gasteiger partial charge is 0.272 e. The molecule has 0 saturated heterocycles. The molecule has 3 atom stereocenters. The number of fused-ring (bicyclic) bond motifs is 2. The van der Waals surface area contributed by atoms with E-state index in [1.165, 1.54) is 35.0 Å². The number of amides is 1. The Balaban J connectivity index is 1.47. The number of aliphatic hydroxyl groups excluding tert-OH is 1. The third kappa shape index (κ3) is 4.79. The minimum Gasteiger partial charge on any atom is -0.390 e. The van der Waals surface area contributed by atoms with E-state index in [-0.39, 0.29) is 29.1 Å². The minimum atomic E-state index is -3.71. The van der Waals surface area contributed by atoms with Crippen LogP contribution in [-0.2, 0) is 28.4 Å². The molecule has 1 amide bonds. The van der Waals surface area contributed by atoms with E-state index in [0.717, 1.165) is 17.2 Å². The molecule has 2 heterocycles. The molecule has 206 valence electrons. The second kappa shape index (κ2) is 9.90. The zero-order valence-electron chi connectivity index (χ0n) is 21.0. The van der Waals surface area contributed by atoms with Crippen LogP contribution < -0.4 is 5.32 Å². The summed E-state index contributed by atoms with van der Waals surface area (Å²) in [5.74, 6) is -4.48. The number of carbonyl (C=O) groups is 1. The molecule has 4 aromatic rings. The number of halogens is 3.